The minimum atomic E-state index is -0.187. The van der Waals surface area contributed by atoms with E-state index in [1.54, 1.807) is 14.2 Å². The molecule has 2 heterocycles. The van der Waals surface area contributed by atoms with Crippen molar-refractivity contribution in [3.63, 3.8) is 0 Å². The average Bonchev–Trinajstić information content (AvgIpc) is 3.36. The first kappa shape index (κ1) is 21.7. The summed E-state index contributed by atoms with van der Waals surface area (Å²) in [6.07, 6.45) is 2.23. The summed E-state index contributed by atoms with van der Waals surface area (Å²) in [6, 6.07) is 16.0. The molecule has 166 valence electrons. The first-order valence-electron chi connectivity index (χ1n) is 11.2. The van der Waals surface area contributed by atoms with Gasteiger partial charge in [0.15, 0.2) is 0 Å². The fourth-order valence-electron chi connectivity index (χ4n) is 4.68. The third-order valence-electron chi connectivity index (χ3n) is 6.42. The van der Waals surface area contributed by atoms with Gasteiger partial charge in [-0.3, -0.25) is 14.6 Å². The van der Waals surface area contributed by atoms with Crippen LogP contribution >= 0.6 is 0 Å². The van der Waals surface area contributed by atoms with Gasteiger partial charge in [0.05, 0.1) is 14.2 Å². The largest absolute Gasteiger partial charge is 0.497 e. The van der Waals surface area contributed by atoms with Crippen molar-refractivity contribution in [3.05, 3.63) is 59.7 Å². The highest BCUT2D eigenvalue weighted by Gasteiger charge is 2.34. The Morgan fingerprint density at radius 1 is 0.903 bits per heavy atom. The van der Waals surface area contributed by atoms with E-state index < -0.39 is 0 Å². The smallest absolute Gasteiger partial charge is 0.244 e. The molecule has 0 unspecified atom stereocenters. The lowest BCUT2D eigenvalue weighted by Gasteiger charge is -2.40. The van der Waals surface area contributed by atoms with E-state index >= 15 is 0 Å². The lowest BCUT2D eigenvalue weighted by molar-refractivity contribution is -0.137. The monoisotopic (exact) mass is 423 g/mol. The molecular weight excluding hydrogens is 390 g/mol. The maximum atomic E-state index is 13.4. The van der Waals surface area contributed by atoms with Gasteiger partial charge < -0.3 is 14.4 Å². The van der Waals surface area contributed by atoms with Crippen LogP contribution in [-0.4, -0.2) is 74.1 Å². The van der Waals surface area contributed by atoms with Crippen molar-refractivity contribution < 1.29 is 14.3 Å². The molecule has 2 aliphatic rings. The normalized spacial score (nSPS) is 18.7. The van der Waals surface area contributed by atoms with Crippen LogP contribution in [0.1, 0.15) is 30.0 Å². The summed E-state index contributed by atoms with van der Waals surface area (Å²) in [6.45, 7) is 6.14. The maximum absolute atomic E-state index is 13.4. The van der Waals surface area contributed by atoms with E-state index in [2.05, 4.69) is 28.0 Å². The number of piperazine rings is 1. The van der Waals surface area contributed by atoms with E-state index in [1.807, 2.05) is 35.2 Å². The topological polar surface area (TPSA) is 45.3 Å². The molecule has 0 aliphatic carbocycles. The SMILES string of the molecule is COc1ccc(OC)c(CN2CCN([C@H](C(=O)N3CCCC3)c3ccccc3)CC2)c1. The number of hydrogen-bond acceptors (Lipinski definition) is 5. The first-order valence-corrected chi connectivity index (χ1v) is 11.2. The molecular formula is C25H33N3O3. The van der Waals surface area contributed by atoms with E-state index in [-0.39, 0.29) is 11.9 Å². The Bertz CT molecular complexity index is 860. The summed E-state index contributed by atoms with van der Waals surface area (Å²) >= 11 is 0. The molecule has 2 saturated heterocycles. The summed E-state index contributed by atoms with van der Waals surface area (Å²) in [5.41, 5.74) is 2.23. The molecule has 0 saturated carbocycles. The van der Waals surface area contributed by atoms with Crippen LogP contribution in [0.25, 0.3) is 0 Å². The lowest BCUT2D eigenvalue weighted by atomic mass is 10.0. The third-order valence-corrected chi connectivity index (χ3v) is 6.42. The van der Waals surface area contributed by atoms with E-state index in [9.17, 15) is 4.79 Å². The Morgan fingerprint density at radius 3 is 2.26 bits per heavy atom. The molecule has 0 N–H and O–H groups in total. The second kappa shape index (κ2) is 10.2. The van der Waals surface area contributed by atoms with Gasteiger partial charge in [0.1, 0.15) is 17.5 Å². The Hall–Kier alpha value is -2.57. The molecule has 2 aromatic rings. The van der Waals surface area contributed by atoms with Gasteiger partial charge in [-0.2, -0.15) is 0 Å². The summed E-state index contributed by atoms with van der Waals surface area (Å²) in [5, 5.41) is 0. The Labute approximate surface area is 185 Å². The highest BCUT2D eigenvalue weighted by molar-refractivity contribution is 5.83. The number of amides is 1. The number of benzene rings is 2. The summed E-state index contributed by atoms with van der Waals surface area (Å²) in [4.78, 5) is 20.2. The zero-order valence-electron chi connectivity index (χ0n) is 18.6. The minimum Gasteiger partial charge on any atom is -0.497 e. The molecule has 6 nitrogen and oxygen atoms in total. The van der Waals surface area contributed by atoms with Crippen LogP contribution in [-0.2, 0) is 11.3 Å². The molecule has 4 rings (SSSR count). The minimum absolute atomic E-state index is 0.187. The van der Waals surface area contributed by atoms with Gasteiger partial charge in [-0.05, 0) is 36.6 Å². The second-order valence-corrected chi connectivity index (χ2v) is 8.34. The van der Waals surface area contributed by atoms with Crippen LogP contribution in [0.2, 0.25) is 0 Å². The van der Waals surface area contributed by atoms with Crippen molar-refractivity contribution in [2.45, 2.75) is 25.4 Å². The van der Waals surface area contributed by atoms with Gasteiger partial charge in [0, 0.05) is 51.4 Å². The molecule has 0 radical (unpaired) electrons. The number of carbonyl (C=O) groups is 1. The predicted molar refractivity (Wildman–Crippen MR) is 121 cm³/mol. The number of likely N-dealkylation sites (tertiary alicyclic amines) is 1. The van der Waals surface area contributed by atoms with Crippen LogP contribution < -0.4 is 9.47 Å². The summed E-state index contributed by atoms with van der Waals surface area (Å²) < 4.78 is 10.9. The van der Waals surface area contributed by atoms with E-state index in [0.717, 1.165) is 81.3 Å². The molecule has 0 bridgehead atoms. The van der Waals surface area contributed by atoms with Crippen molar-refractivity contribution in [2.75, 3.05) is 53.5 Å². The highest BCUT2D eigenvalue weighted by Crippen LogP contribution is 2.29. The van der Waals surface area contributed by atoms with Crippen molar-refractivity contribution in [1.82, 2.24) is 14.7 Å². The average molecular weight is 424 g/mol. The molecule has 2 aromatic carbocycles. The molecule has 1 amide bonds. The molecule has 2 aliphatic heterocycles. The quantitative estimate of drug-likeness (QED) is 0.685. The number of methoxy groups -OCH3 is 2. The van der Waals surface area contributed by atoms with Crippen molar-refractivity contribution >= 4 is 5.91 Å². The molecule has 2 fully saturated rings. The van der Waals surface area contributed by atoms with Gasteiger partial charge >= 0.3 is 0 Å². The number of carbonyl (C=O) groups excluding carboxylic acids is 1. The maximum Gasteiger partial charge on any atom is 0.244 e. The molecule has 0 spiro atoms. The first-order chi connectivity index (χ1) is 15.2. The molecule has 6 heteroatoms. The molecule has 0 aromatic heterocycles. The standard InChI is InChI=1S/C25H33N3O3/c1-30-22-10-11-23(31-2)21(18-22)19-26-14-16-27(17-15-26)24(20-8-4-3-5-9-20)25(29)28-12-6-7-13-28/h3-5,8-11,18,24H,6-7,12-17,19H2,1-2H3/t24-/m0/s1. The van der Waals surface area contributed by atoms with Crippen LogP contribution in [0.5, 0.6) is 11.5 Å². The Kier molecular flexibility index (Phi) is 7.10. The van der Waals surface area contributed by atoms with Crippen LogP contribution in [0.15, 0.2) is 48.5 Å². The van der Waals surface area contributed by atoms with Gasteiger partial charge in [0.25, 0.3) is 0 Å². The molecule has 1 atom stereocenters. The predicted octanol–water partition coefficient (Wildman–Crippen LogP) is 3.19. The van der Waals surface area contributed by atoms with Crippen molar-refractivity contribution in [1.29, 1.82) is 0 Å². The van der Waals surface area contributed by atoms with Crippen LogP contribution in [0.4, 0.5) is 0 Å². The van der Waals surface area contributed by atoms with Crippen LogP contribution in [0.3, 0.4) is 0 Å². The van der Waals surface area contributed by atoms with Gasteiger partial charge in [-0.15, -0.1) is 0 Å². The Morgan fingerprint density at radius 2 is 1.61 bits per heavy atom. The van der Waals surface area contributed by atoms with Crippen molar-refractivity contribution in [2.24, 2.45) is 0 Å². The fourth-order valence-corrected chi connectivity index (χ4v) is 4.68. The van der Waals surface area contributed by atoms with E-state index in [1.165, 1.54) is 0 Å². The zero-order chi connectivity index (χ0) is 21.6. The number of hydrogen-bond donors (Lipinski definition) is 0. The van der Waals surface area contributed by atoms with Gasteiger partial charge in [-0.25, -0.2) is 0 Å². The van der Waals surface area contributed by atoms with Crippen LogP contribution in [0, 0.1) is 0 Å². The second-order valence-electron chi connectivity index (χ2n) is 8.34. The lowest BCUT2D eigenvalue weighted by Crippen LogP contribution is -2.51. The number of nitrogens with zero attached hydrogens (tertiary/aromatic N) is 3. The van der Waals surface area contributed by atoms with Gasteiger partial charge in [-0.1, -0.05) is 30.3 Å². The number of ether oxygens (including phenoxy) is 2. The third kappa shape index (κ3) is 5.02. The molecule has 31 heavy (non-hydrogen) atoms. The van der Waals surface area contributed by atoms with Crippen molar-refractivity contribution in [3.8, 4) is 11.5 Å². The zero-order valence-corrected chi connectivity index (χ0v) is 18.6. The fraction of sp³-hybridized carbons (Fsp3) is 0.480. The highest BCUT2D eigenvalue weighted by atomic mass is 16.5. The summed E-state index contributed by atoms with van der Waals surface area (Å²) in [5.74, 6) is 1.98. The van der Waals surface area contributed by atoms with Gasteiger partial charge in [0.2, 0.25) is 5.91 Å². The number of rotatable bonds is 7. The van der Waals surface area contributed by atoms with E-state index in [4.69, 9.17) is 9.47 Å². The summed E-state index contributed by atoms with van der Waals surface area (Å²) in [7, 11) is 3.39. The van der Waals surface area contributed by atoms with E-state index in [0.29, 0.717) is 0 Å². The Balaban J connectivity index is 1.45.